The number of ether oxygens (including phenoxy) is 1. The monoisotopic (exact) mass is 1100 g/mol. The first kappa shape index (κ1) is 76.6. The Hall–Kier alpha value is -1.40. The minimum Gasteiger partial charge on any atom is -0.466 e. The van der Waals surface area contributed by atoms with Gasteiger partial charge >= 0.3 is 5.97 Å². The van der Waals surface area contributed by atoms with E-state index in [1.165, 1.54) is 347 Å². The number of hydrogen-bond acceptors (Lipinski definition) is 5. The van der Waals surface area contributed by atoms with Crippen LogP contribution in [0.25, 0.3) is 0 Å². The van der Waals surface area contributed by atoms with E-state index in [-0.39, 0.29) is 18.5 Å². The topological polar surface area (TPSA) is 95.9 Å². The maximum atomic E-state index is 12.5. The molecule has 0 aromatic carbocycles. The molecule has 0 spiro atoms. The number of carbonyl (C=O) groups excluding carboxylic acids is 2. The van der Waals surface area contributed by atoms with Gasteiger partial charge in [-0.1, -0.05) is 379 Å². The number of unbranched alkanes of at least 4 members (excludes halogenated alkanes) is 57. The Morgan fingerprint density at radius 1 is 0.346 bits per heavy atom. The molecule has 1 amide bonds. The summed E-state index contributed by atoms with van der Waals surface area (Å²) >= 11 is 0. The summed E-state index contributed by atoms with van der Waals surface area (Å²) < 4.78 is 5.49. The molecule has 0 aliphatic rings. The Balaban J connectivity index is 3.33. The molecule has 2 unspecified atom stereocenters. The highest BCUT2D eigenvalue weighted by Gasteiger charge is 2.18. The summed E-state index contributed by atoms with van der Waals surface area (Å²) in [4.78, 5) is 24.5. The maximum Gasteiger partial charge on any atom is 0.305 e. The molecule has 464 valence electrons. The first-order valence-electron chi connectivity index (χ1n) is 36.0. The molecule has 6 nitrogen and oxygen atoms in total. The second-order valence-electron chi connectivity index (χ2n) is 24.9. The Bertz CT molecular complexity index is 1180. The summed E-state index contributed by atoms with van der Waals surface area (Å²) in [7, 11) is 0. The summed E-state index contributed by atoms with van der Waals surface area (Å²) in [6.07, 6.45) is 84.5. The number of aliphatic hydroxyl groups is 2. The van der Waals surface area contributed by atoms with Crippen molar-refractivity contribution in [3.05, 3.63) is 12.2 Å². The number of nitrogens with one attached hydrogen (secondary N) is 1. The van der Waals surface area contributed by atoms with Crippen LogP contribution in [0.15, 0.2) is 12.2 Å². The van der Waals surface area contributed by atoms with Crippen LogP contribution in [0.1, 0.15) is 412 Å². The van der Waals surface area contributed by atoms with Crippen molar-refractivity contribution in [1.29, 1.82) is 0 Å². The molecule has 0 fully saturated rings. The quantitative estimate of drug-likeness (QED) is 0.0320. The van der Waals surface area contributed by atoms with Crippen LogP contribution in [-0.2, 0) is 14.3 Å². The van der Waals surface area contributed by atoms with Crippen molar-refractivity contribution in [1.82, 2.24) is 5.32 Å². The van der Waals surface area contributed by atoms with E-state index in [0.717, 1.165) is 38.5 Å². The van der Waals surface area contributed by atoms with Gasteiger partial charge in [0.1, 0.15) is 0 Å². The third-order valence-corrected chi connectivity index (χ3v) is 17.1. The predicted molar refractivity (Wildman–Crippen MR) is 343 cm³/mol. The number of aliphatic hydroxyl groups excluding tert-OH is 2. The van der Waals surface area contributed by atoms with Crippen LogP contribution in [0, 0.1) is 0 Å². The summed E-state index contributed by atoms with van der Waals surface area (Å²) in [5, 5.41) is 23.2. The van der Waals surface area contributed by atoms with Gasteiger partial charge in [0.25, 0.3) is 0 Å². The smallest absolute Gasteiger partial charge is 0.305 e. The number of hydrogen-bond donors (Lipinski definition) is 3. The molecule has 0 aromatic rings. The van der Waals surface area contributed by atoms with Crippen LogP contribution in [-0.4, -0.2) is 47.4 Å². The first-order chi connectivity index (χ1) is 38.5. The molecule has 0 heterocycles. The largest absolute Gasteiger partial charge is 0.466 e. The SMILES string of the molecule is CCCCCCCCCCCCCCCCC/C=C/C(O)C(CO)NC(=O)CCCCCCCCCCCCCCCCCCCCCCCCCCCCCCCCCCOC(=O)CCCCCCCCCCCCCC. The zero-order valence-electron chi connectivity index (χ0n) is 53.2. The summed E-state index contributed by atoms with van der Waals surface area (Å²) in [6.45, 7) is 4.95. The van der Waals surface area contributed by atoms with Gasteiger partial charge in [0.2, 0.25) is 5.91 Å². The van der Waals surface area contributed by atoms with Crippen molar-refractivity contribution in [2.75, 3.05) is 13.2 Å². The number of allylic oxidation sites excluding steroid dienone is 1. The average Bonchev–Trinajstić information content (AvgIpc) is 3.44. The highest BCUT2D eigenvalue weighted by atomic mass is 16.5. The third kappa shape index (κ3) is 63.8. The predicted octanol–water partition coefficient (Wildman–Crippen LogP) is 23.1. The lowest BCUT2D eigenvalue weighted by Gasteiger charge is -2.20. The minimum absolute atomic E-state index is 0.0225. The van der Waals surface area contributed by atoms with Crippen molar-refractivity contribution in [2.24, 2.45) is 0 Å². The van der Waals surface area contributed by atoms with Gasteiger partial charge in [0, 0.05) is 12.8 Å². The second-order valence-corrected chi connectivity index (χ2v) is 24.9. The van der Waals surface area contributed by atoms with Gasteiger partial charge in [-0.15, -0.1) is 0 Å². The molecule has 0 saturated heterocycles. The molecule has 0 aliphatic heterocycles. The molecule has 3 N–H and O–H groups in total. The van der Waals surface area contributed by atoms with Crippen LogP contribution in [0.2, 0.25) is 0 Å². The number of rotatable bonds is 68. The summed E-state index contributed by atoms with van der Waals surface area (Å²) in [5.41, 5.74) is 0. The molecule has 2 atom stereocenters. The van der Waals surface area contributed by atoms with Crippen molar-refractivity contribution in [2.45, 2.75) is 424 Å². The fraction of sp³-hybridized carbons (Fsp3) is 0.944. The lowest BCUT2D eigenvalue weighted by Crippen LogP contribution is -2.45. The van der Waals surface area contributed by atoms with Crippen LogP contribution in [0.4, 0.5) is 0 Å². The average molecular weight is 1100 g/mol. The van der Waals surface area contributed by atoms with Crippen molar-refractivity contribution < 1.29 is 24.5 Å². The fourth-order valence-corrected chi connectivity index (χ4v) is 11.6. The van der Waals surface area contributed by atoms with Crippen molar-refractivity contribution >= 4 is 11.9 Å². The molecular formula is C72H141NO5. The van der Waals surface area contributed by atoms with Gasteiger partial charge in [-0.25, -0.2) is 0 Å². The Labute approximate surface area is 489 Å². The standard InChI is InChI=1S/C72H141NO5/c1-3-5-7-9-11-13-15-17-18-35-38-41-44-48-52-56-60-64-70(75)69(68-74)73-71(76)65-61-57-53-49-45-42-39-36-33-31-29-27-25-23-21-19-20-22-24-26-28-30-32-34-37-40-43-47-51-55-59-63-67-78-72(77)66-62-58-54-50-46-16-14-12-10-8-6-4-2/h60,64,69-70,74-75H,3-59,61-63,65-68H2,1-2H3,(H,73,76)/b64-60+. The molecule has 6 heteroatoms. The number of esters is 1. The van der Waals surface area contributed by atoms with Gasteiger partial charge in [-0.2, -0.15) is 0 Å². The van der Waals surface area contributed by atoms with E-state index in [0.29, 0.717) is 19.4 Å². The van der Waals surface area contributed by atoms with Crippen molar-refractivity contribution in [3.63, 3.8) is 0 Å². The lowest BCUT2D eigenvalue weighted by atomic mass is 10.0. The minimum atomic E-state index is -0.841. The van der Waals surface area contributed by atoms with Gasteiger partial charge < -0.3 is 20.3 Å². The molecule has 0 aliphatic carbocycles. The zero-order chi connectivity index (χ0) is 56.4. The van der Waals surface area contributed by atoms with Crippen LogP contribution >= 0.6 is 0 Å². The Kier molecular flexibility index (Phi) is 66.9. The van der Waals surface area contributed by atoms with Gasteiger partial charge in [0.15, 0.2) is 0 Å². The van der Waals surface area contributed by atoms with E-state index in [1.54, 1.807) is 6.08 Å². The molecule has 0 saturated carbocycles. The van der Waals surface area contributed by atoms with Crippen molar-refractivity contribution in [3.8, 4) is 0 Å². The van der Waals surface area contributed by atoms with E-state index < -0.39 is 12.1 Å². The third-order valence-electron chi connectivity index (χ3n) is 17.1. The second kappa shape index (κ2) is 68.1. The van der Waals surface area contributed by atoms with E-state index in [9.17, 15) is 19.8 Å². The van der Waals surface area contributed by atoms with E-state index in [2.05, 4.69) is 19.2 Å². The molecule has 0 radical (unpaired) electrons. The highest BCUT2D eigenvalue weighted by Crippen LogP contribution is 2.19. The normalized spacial score (nSPS) is 12.5. The van der Waals surface area contributed by atoms with Gasteiger partial charge in [0.05, 0.1) is 25.4 Å². The molecule has 0 aromatic heterocycles. The lowest BCUT2D eigenvalue weighted by molar-refractivity contribution is -0.143. The maximum absolute atomic E-state index is 12.5. The zero-order valence-corrected chi connectivity index (χ0v) is 53.2. The number of amides is 1. The van der Waals surface area contributed by atoms with Gasteiger partial charge in [-0.3, -0.25) is 9.59 Å². The van der Waals surface area contributed by atoms with Crippen LogP contribution < -0.4 is 5.32 Å². The molecule has 0 rings (SSSR count). The van der Waals surface area contributed by atoms with Gasteiger partial charge in [-0.05, 0) is 32.1 Å². The molecule has 78 heavy (non-hydrogen) atoms. The van der Waals surface area contributed by atoms with E-state index in [4.69, 9.17) is 4.74 Å². The Morgan fingerprint density at radius 2 is 0.590 bits per heavy atom. The van der Waals surface area contributed by atoms with E-state index in [1.807, 2.05) is 6.08 Å². The van der Waals surface area contributed by atoms with Crippen LogP contribution in [0.3, 0.4) is 0 Å². The summed E-state index contributed by atoms with van der Waals surface area (Å²) in [6, 6.07) is -0.624. The van der Waals surface area contributed by atoms with Crippen LogP contribution in [0.5, 0.6) is 0 Å². The number of carbonyl (C=O) groups is 2. The molecular weight excluding hydrogens is 959 g/mol. The highest BCUT2D eigenvalue weighted by molar-refractivity contribution is 5.76. The first-order valence-corrected chi connectivity index (χ1v) is 36.0. The van der Waals surface area contributed by atoms with E-state index >= 15 is 0 Å². The summed E-state index contributed by atoms with van der Waals surface area (Å²) in [5.74, 6) is -0.0372. The Morgan fingerprint density at radius 3 is 0.872 bits per heavy atom. The fourth-order valence-electron chi connectivity index (χ4n) is 11.6. The molecule has 0 bridgehead atoms.